The maximum atomic E-state index is 12.5. The number of esters is 1. The van der Waals surface area contributed by atoms with Gasteiger partial charge in [0, 0.05) is 0 Å². The third-order valence-electron chi connectivity index (χ3n) is 5.47. The van der Waals surface area contributed by atoms with E-state index in [1.807, 2.05) is 84.9 Å². The quantitative estimate of drug-likeness (QED) is 0.198. The third kappa shape index (κ3) is 5.65. The molecule has 0 aromatic heterocycles. The zero-order valence-corrected chi connectivity index (χ0v) is 20.0. The highest BCUT2D eigenvalue weighted by molar-refractivity contribution is 6.34. The van der Waals surface area contributed by atoms with E-state index < -0.39 is 5.97 Å². The number of cyclic esters (lactones) is 1. The van der Waals surface area contributed by atoms with Crippen LogP contribution in [0, 0.1) is 0 Å². The van der Waals surface area contributed by atoms with Crippen molar-refractivity contribution in [2.24, 2.45) is 4.99 Å². The van der Waals surface area contributed by atoms with E-state index in [0.717, 1.165) is 16.7 Å². The molecule has 0 fully saturated rings. The zero-order valence-electron chi connectivity index (χ0n) is 19.3. The van der Waals surface area contributed by atoms with Gasteiger partial charge < -0.3 is 14.2 Å². The molecular weight excluding hydrogens is 474 g/mol. The van der Waals surface area contributed by atoms with Crippen molar-refractivity contribution in [2.75, 3.05) is 0 Å². The molecule has 0 unspecified atom stereocenters. The van der Waals surface area contributed by atoms with Gasteiger partial charge in [-0.2, -0.15) is 0 Å². The molecule has 0 saturated carbocycles. The molecule has 36 heavy (non-hydrogen) atoms. The molecule has 4 aromatic rings. The first-order valence-electron chi connectivity index (χ1n) is 11.4. The summed E-state index contributed by atoms with van der Waals surface area (Å²) in [6.07, 6.45) is 1.66. The monoisotopic (exact) mass is 495 g/mol. The molecule has 4 aromatic carbocycles. The third-order valence-corrected chi connectivity index (χ3v) is 5.80. The normalized spacial score (nSPS) is 13.9. The Morgan fingerprint density at radius 2 is 1.36 bits per heavy atom. The predicted octanol–water partition coefficient (Wildman–Crippen LogP) is 6.84. The van der Waals surface area contributed by atoms with Crippen molar-refractivity contribution in [3.63, 3.8) is 0 Å². The molecule has 0 radical (unpaired) electrons. The second-order valence-corrected chi connectivity index (χ2v) is 8.48. The fraction of sp³-hybridized carbons (Fsp3) is 0.0667. The SMILES string of the molecule is O=C1OC(c2ccccc2Cl)=N/C1=C\c1ccc(OCc2ccccc2)c(OCc2ccccc2)c1. The first-order chi connectivity index (χ1) is 17.7. The van der Waals surface area contributed by atoms with Crippen LogP contribution in [0.1, 0.15) is 22.3 Å². The highest BCUT2D eigenvalue weighted by Gasteiger charge is 2.25. The van der Waals surface area contributed by atoms with Crippen LogP contribution in [0.25, 0.3) is 6.08 Å². The van der Waals surface area contributed by atoms with Gasteiger partial charge in [0.1, 0.15) is 13.2 Å². The van der Waals surface area contributed by atoms with Gasteiger partial charge in [-0.3, -0.25) is 0 Å². The van der Waals surface area contributed by atoms with Gasteiger partial charge in [-0.1, -0.05) is 90.5 Å². The van der Waals surface area contributed by atoms with Crippen LogP contribution in [0.3, 0.4) is 0 Å². The largest absolute Gasteiger partial charge is 0.485 e. The summed E-state index contributed by atoms with van der Waals surface area (Å²) in [6.45, 7) is 0.778. The van der Waals surface area contributed by atoms with Gasteiger partial charge in [-0.05, 0) is 47.0 Å². The minimum Gasteiger partial charge on any atom is -0.485 e. The van der Waals surface area contributed by atoms with Crippen LogP contribution in [-0.4, -0.2) is 11.9 Å². The van der Waals surface area contributed by atoms with E-state index in [2.05, 4.69) is 4.99 Å². The number of carbonyl (C=O) groups is 1. The molecule has 1 aliphatic heterocycles. The van der Waals surface area contributed by atoms with Crippen LogP contribution in [0.2, 0.25) is 5.02 Å². The molecule has 0 atom stereocenters. The van der Waals surface area contributed by atoms with E-state index >= 15 is 0 Å². The smallest absolute Gasteiger partial charge is 0.363 e. The number of ether oxygens (including phenoxy) is 3. The molecule has 1 aliphatic rings. The number of halogens is 1. The van der Waals surface area contributed by atoms with E-state index in [-0.39, 0.29) is 11.6 Å². The molecule has 0 aliphatic carbocycles. The van der Waals surface area contributed by atoms with E-state index in [1.165, 1.54) is 0 Å². The van der Waals surface area contributed by atoms with Crippen LogP contribution in [0.4, 0.5) is 0 Å². The summed E-state index contributed by atoms with van der Waals surface area (Å²) in [5, 5.41) is 0.460. The molecule has 1 heterocycles. The number of nitrogens with zero attached hydrogens (tertiary/aromatic N) is 1. The first kappa shape index (κ1) is 23.4. The Kier molecular flexibility index (Phi) is 7.10. The van der Waals surface area contributed by atoms with Crippen LogP contribution >= 0.6 is 11.6 Å². The Morgan fingerprint density at radius 3 is 2.03 bits per heavy atom. The summed E-state index contributed by atoms with van der Waals surface area (Å²) in [7, 11) is 0. The standard InChI is InChI=1S/C30H22ClNO4/c31-25-14-8-7-13-24(25)29-32-26(30(33)36-29)17-23-15-16-27(34-19-21-9-3-1-4-10-21)28(18-23)35-20-22-11-5-2-6-12-22/h1-18H,19-20H2/b26-17-. The molecule has 0 spiro atoms. The highest BCUT2D eigenvalue weighted by atomic mass is 35.5. The van der Waals surface area contributed by atoms with Crippen molar-refractivity contribution < 1.29 is 19.0 Å². The number of carbonyl (C=O) groups excluding carboxylic acids is 1. The molecule has 5 rings (SSSR count). The Hall–Kier alpha value is -4.35. The van der Waals surface area contributed by atoms with E-state index in [0.29, 0.717) is 35.3 Å². The van der Waals surface area contributed by atoms with Crippen molar-refractivity contribution >= 4 is 29.5 Å². The number of aliphatic imine (C=N–C) groups is 1. The number of benzene rings is 4. The number of hydrogen-bond acceptors (Lipinski definition) is 5. The fourth-order valence-corrected chi connectivity index (χ4v) is 3.85. The van der Waals surface area contributed by atoms with Crippen molar-refractivity contribution in [1.29, 1.82) is 0 Å². The van der Waals surface area contributed by atoms with Gasteiger partial charge in [0.05, 0.1) is 10.6 Å². The van der Waals surface area contributed by atoms with Crippen molar-refractivity contribution in [3.8, 4) is 11.5 Å². The van der Waals surface area contributed by atoms with Crippen LogP contribution in [-0.2, 0) is 22.7 Å². The van der Waals surface area contributed by atoms with Gasteiger partial charge in [-0.25, -0.2) is 9.79 Å². The minimum atomic E-state index is -0.541. The highest BCUT2D eigenvalue weighted by Crippen LogP contribution is 2.32. The Morgan fingerprint density at radius 1 is 0.750 bits per heavy atom. The molecule has 6 heteroatoms. The average Bonchev–Trinajstić information content (AvgIpc) is 3.27. The van der Waals surface area contributed by atoms with Crippen LogP contribution in [0.5, 0.6) is 11.5 Å². The lowest BCUT2D eigenvalue weighted by molar-refractivity contribution is -0.129. The summed E-state index contributed by atoms with van der Waals surface area (Å²) in [4.78, 5) is 16.9. The minimum absolute atomic E-state index is 0.178. The van der Waals surface area contributed by atoms with Gasteiger partial charge in [0.15, 0.2) is 17.2 Å². The Balaban J connectivity index is 1.41. The van der Waals surface area contributed by atoms with Crippen LogP contribution in [0.15, 0.2) is 114 Å². The number of rotatable bonds is 8. The van der Waals surface area contributed by atoms with Gasteiger partial charge in [0.25, 0.3) is 0 Å². The molecule has 0 N–H and O–H groups in total. The summed E-state index contributed by atoms with van der Waals surface area (Å²) < 4.78 is 17.6. The second-order valence-electron chi connectivity index (χ2n) is 8.07. The summed E-state index contributed by atoms with van der Waals surface area (Å²) in [6, 6.07) is 32.4. The van der Waals surface area contributed by atoms with Gasteiger partial charge >= 0.3 is 5.97 Å². The predicted molar refractivity (Wildman–Crippen MR) is 140 cm³/mol. The van der Waals surface area contributed by atoms with Crippen LogP contribution < -0.4 is 9.47 Å². The Labute approximate surface area is 214 Å². The van der Waals surface area contributed by atoms with Gasteiger partial charge in [0.2, 0.25) is 5.90 Å². The lowest BCUT2D eigenvalue weighted by atomic mass is 10.1. The summed E-state index contributed by atoms with van der Waals surface area (Å²) >= 11 is 6.24. The summed E-state index contributed by atoms with van der Waals surface area (Å²) in [5.41, 5.74) is 3.54. The molecule has 0 amide bonds. The molecule has 0 bridgehead atoms. The van der Waals surface area contributed by atoms with Crippen molar-refractivity contribution in [2.45, 2.75) is 13.2 Å². The maximum absolute atomic E-state index is 12.5. The average molecular weight is 496 g/mol. The lowest BCUT2D eigenvalue weighted by Crippen LogP contribution is -2.05. The van der Waals surface area contributed by atoms with Crippen molar-refractivity contribution in [3.05, 3.63) is 136 Å². The molecule has 178 valence electrons. The van der Waals surface area contributed by atoms with E-state index in [4.69, 9.17) is 25.8 Å². The lowest BCUT2D eigenvalue weighted by Gasteiger charge is -2.14. The first-order valence-corrected chi connectivity index (χ1v) is 11.8. The number of hydrogen-bond donors (Lipinski definition) is 0. The fourth-order valence-electron chi connectivity index (χ4n) is 3.63. The summed E-state index contributed by atoms with van der Waals surface area (Å²) in [5.74, 6) is 0.804. The molecule has 0 saturated heterocycles. The van der Waals surface area contributed by atoms with E-state index in [1.54, 1.807) is 24.3 Å². The maximum Gasteiger partial charge on any atom is 0.363 e. The second kappa shape index (κ2) is 10.9. The topological polar surface area (TPSA) is 57.1 Å². The van der Waals surface area contributed by atoms with E-state index in [9.17, 15) is 4.79 Å². The van der Waals surface area contributed by atoms with Gasteiger partial charge in [-0.15, -0.1) is 0 Å². The molecular formula is C30H22ClNO4. The Bertz CT molecular complexity index is 1430. The molecule has 5 nitrogen and oxygen atoms in total. The van der Waals surface area contributed by atoms with Crippen molar-refractivity contribution in [1.82, 2.24) is 0 Å². The zero-order chi connectivity index (χ0) is 24.7.